The molecule has 0 N–H and O–H groups in total. The second kappa shape index (κ2) is 7.19. The summed E-state index contributed by atoms with van der Waals surface area (Å²) in [5.74, 6) is 3.33. The summed E-state index contributed by atoms with van der Waals surface area (Å²) in [6, 6.07) is 6.21. The van der Waals surface area contributed by atoms with Gasteiger partial charge in [0.25, 0.3) is 0 Å². The first kappa shape index (κ1) is 14.7. The van der Waals surface area contributed by atoms with Crippen molar-refractivity contribution in [3.8, 4) is 11.8 Å². The van der Waals surface area contributed by atoms with Crippen LogP contribution in [0.5, 0.6) is 0 Å². The van der Waals surface area contributed by atoms with E-state index in [-0.39, 0.29) is 5.71 Å². The predicted molar refractivity (Wildman–Crippen MR) is 70.0 cm³/mol. The van der Waals surface area contributed by atoms with Crippen LogP contribution in [0.15, 0.2) is 29.4 Å². The van der Waals surface area contributed by atoms with Gasteiger partial charge in [0.15, 0.2) is 0 Å². The SMILES string of the molecule is CON=C(C#CC(=O)c1ccc(Cl)cc1)C(=O)OC. The van der Waals surface area contributed by atoms with Gasteiger partial charge in [0, 0.05) is 10.6 Å². The molecule has 98 valence electrons. The molecule has 0 radical (unpaired) electrons. The summed E-state index contributed by atoms with van der Waals surface area (Å²) >= 11 is 5.70. The van der Waals surface area contributed by atoms with Crippen LogP contribution in [0, 0.1) is 11.8 Å². The normalized spacial score (nSPS) is 10.2. The van der Waals surface area contributed by atoms with Crippen molar-refractivity contribution >= 4 is 29.1 Å². The topological polar surface area (TPSA) is 65.0 Å². The number of methoxy groups -OCH3 is 1. The third-order valence-electron chi connectivity index (χ3n) is 1.96. The van der Waals surface area contributed by atoms with E-state index < -0.39 is 11.8 Å². The minimum Gasteiger partial charge on any atom is -0.464 e. The maximum absolute atomic E-state index is 11.7. The van der Waals surface area contributed by atoms with E-state index in [9.17, 15) is 9.59 Å². The van der Waals surface area contributed by atoms with Gasteiger partial charge in [-0.1, -0.05) is 16.8 Å². The van der Waals surface area contributed by atoms with Crippen molar-refractivity contribution in [2.45, 2.75) is 0 Å². The van der Waals surface area contributed by atoms with Gasteiger partial charge in [-0.3, -0.25) is 4.79 Å². The Kier molecular flexibility index (Phi) is 5.58. The number of benzene rings is 1. The van der Waals surface area contributed by atoms with Crippen LogP contribution in [0.2, 0.25) is 5.02 Å². The van der Waals surface area contributed by atoms with Crippen LogP contribution in [0.4, 0.5) is 0 Å². The van der Waals surface area contributed by atoms with E-state index in [0.717, 1.165) is 0 Å². The maximum atomic E-state index is 11.7. The fourth-order valence-corrected chi connectivity index (χ4v) is 1.21. The Morgan fingerprint density at radius 1 is 1.16 bits per heavy atom. The molecule has 0 saturated heterocycles. The zero-order valence-electron chi connectivity index (χ0n) is 10.3. The van der Waals surface area contributed by atoms with E-state index in [0.29, 0.717) is 10.6 Å². The first-order valence-electron chi connectivity index (χ1n) is 5.10. The number of rotatable bonds is 3. The monoisotopic (exact) mass is 279 g/mol. The number of esters is 1. The quantitative estimate of drug-likeness (QED) is 0.211. The molecule has 0 aliphatic rings. The summed E-state index contributed by atoms with van der Waals surface area (Å²) in [5.41, 5.74) is 0.0749. The molecule has 0 unspecified atom stereocenters. The molecule has 0 saturated carbocycles. The summed E-state index contributed by atoms with van der Waals surface area (Å²) in [7, 11) is 2.43. The van der Waals surface area contributed by atoms with Crippen molar-refractivity contribution in [3.63, 3.8) is 0 Å². The highest BCUT2D eigenvalue weighted by atomic mass is 35.5. The standard InChI is InChI=1S/C13H10ClNO4/c1-18-13(17)11(15-19-2)7-8-12(16)9-3-5-10(14)6-4-9/h3-6H,1-2H3. The summed E-state index contributed by atoms with van der Waals surface area (Å²) in [6.45, 7) is 0. The van der Waals surface area contributed by atoms with Crippen molar-refractivity contribution in [1.29, 1.82) is 0 Å². The van der Waals surface area contributed by atoms with Gasteiger partial charge in [-0.15, -0.1) is 0 Å². The molecule has 0 aliphatic carbocycles. The molecule has 0 atom stereocenters. The predicted octanol–water partition coefficient (Wildman–Crippen LogP) is 1.70. The number of oxime groups is 1. The molecule has 0 aromatic heterocycles. The Labute approximate surface area is 115 Å². The molecule has 0 aliphatic heterocycles. The fraction of sp³-hybridized carbons (Fsp3) is 0.154. The molecule has 0 bridgehead atoms. The number of ether oxygens (including phenoxy) is 1. The van der Waals surface area contributed by atoms with E-state index in [1.165, 1.54) is 26.4 Å². The van der Waals surface area contributed by atoms with Gasteiger partial charge in [0.05, 0.1) is 7.11 Å². The van der Waals surface area contributed by atoms with Crippen LogP contribution >= 0.6 is 11.6 Å². The Bertz CT molecular complexity index is 567. The average molecular weight is 280 g/mol. The molecular weight excluding hydrogens is 270 g/mol. The molecule has 0 fully saturated rings. The Morgan fingerprint density at radius 3 is 2.32 bits per heavy atom. The lowest BCUT2D eigenvalue weighted by Crippen LogP contribution is -2.14. The minimum absolute atomic E-state index is 0.285. The first-order chi connectivity index (χ1) is 9.08. The molecule has 1 aromatic rings. The number of halogens is 1. The van der Waals surface area contributed by atoms with Crippen LogP contribution in [0.3, 0.4) is 0 Å². The smallest absolute Gasteiger partial charge is 0.368 e. The highest BCUT2D eigenvalue weighted by Gasteiger charge is 2.10. The third kappa shape index (κ3) is 4.45. The maximum Gasteiger partial charge on any atom is 0.368 e. The number of Topliss-reactive ketones (excluding diaryl/α,β-unsaturated/α-hetero) is 1. The van der Waals surface area contributed by atoms with Crippen molar-refractivity contribution in [1.82, 2.24) is 0 Å². The fourth-order valence-electron chi connectivity index (χ4n) is 1.09. The van der Waals surface area contributed by atoms with Gasteiger partial charge in [-0.2, -0.15) is 0 Å². The minimum atomic E-state index is -0.779. The Hall–Kier alpha value is -2.32. The molecule has 1 aromatic carbocycles. The molecule has 5 nitrogen and oxygen atoms in total. The van der Waals surface area contributed by atoms with E-state index in [4.69, 9.17) is 11.6 Å². The second-order valence-electron chi connectivity index (χ2n) is 3.20. The van der Waals surface area contributed by atoms with E-state index in [1.807, 2.05) is 0 Å². The van der Waals surface area contributed by atoms with Crippen LogP contribution in [0.1, 0.15) is 10.4 Å². The van der Waals surface area contributed by atoms with Crippen LogP contribution < -0.4 is 0 Å². The van der Waals surface area contributed by atoms with Gasteiger partial charge >= 0.3 is 5.97 Å². The molecule has 0 amide bonds. The zero-order chi connectivity index (χ0) is 14.3. The summed E-state index contributed by atoms with van der Waals surface area (Å²) in [6.07, 6.45) is 0. The van der Waals surface area contributed by atoms with E-state index in [1.54, 1.807) is 12.1 Å². The van der Waals surface area contributed by atoms with Gasteiger partial charge in [0.1, 0.15) is 7.11 Å². The summed E-state index contributed by atoms with van der Waals surface area (Å²) < 4.78 is 4.44. The Morgan fingerprint density at radius 2 is 1.79 bits per heavy atom. The van der Waals surface area contributed by atoms with E-state index in [2.05, 4.69) is 26.6 Å². The highest BCUT2D eigenvalue weighted by molar-refractivity contribution is 6.44. The van der Waals surface area contributed by atoms with Gasteiger partial charge in [-0.05, 0) is 36.1 Å². The molecule has 19 heavy (non-hydrogen) atoms. The molecular formula is C13H10ClNO4. The average Bonchev–Trinajstić information content (AvgIpc) is 2.43. The van der Waals surface area contributed by atoms with Crippen LogP contribution in [-0.2, 0) is 14.4 Å². The number of carbonyl (C=O) groups is 2. The van der Waals surface area contributed by atoms with Gasteiger partial charge in [-0.25, -0.2) is 4.79 Å². The molecule has 6 heteroatoms. The lowest BCUT2D eigenvalue weighted by Gasteiger charge is -1.95. The molecule has 0 heterocycles. The number of nitrogens with zero attached hydrogens (tertiary/aromatic N) is 1. The largest absolute Gasteiger partial charge is 0.464 e. The van der Waals surface area contributed by atoms with Crippen LogP contribution in [-0.4, -0.2) is 31.7 Å². The molecule has 0 spiro atoms. The second-order valence-corrected chi connectivity index (χ2v) is 3.64. The van der Waals surface area contributed by atoms with Gasteiger partial charge in [0.2, 0.25) is 11.5 Å². The molecule has 1 rings (SSSR count). The third-order valence-corrected chi connectivity index (χ3v) is 2.21. The number of carbonyl (C=O) groups excluding carboxylic acids is 2. The van der Waals surface area contributed by atoms with Crippen LogP contribution in [0.25, 0.3) is 0 Å². The van der Waals surface area contributed by atoms with Crippen molar-refractivity contribution < 1.29 is 19.2 Å². The number of hydrogen-bond acceptors (Lipinski definition) is 5. The van der Waals surface area contributed by atoms with E-state index >= 15 is 0 Å². The first-order valence-corrected chi connectivity index (χ1v) is 5.47. The van der Waals surface area contributed by atoms with Crippen molar-refractivity contribution in [2.24, 2.45) is 5.16 Å². The summed E-state index contributed by atoms with van der Waals surface area (Å²) in [5, 5.41) is 3.88. The Balaban J connectivity index is 2.92. The highest BCUT2D eigenvalue weighted by Crippen LogP contribution is 2.09. The number of hydrogen-bond donors (Lipinski definition) is 0. The zero-order valence-corrected chi connectivity index (χ0v) is 11.0. The lowest BCUT2D eigenvalue weighted by atomic mass is 10.1. The van der Waals surface area contributed by atoms with Gasteiger partial charge < -0.3 is 9.57 Å². The lowest BCUT2D eigenvalue weighted by molar-refractivity contribution is -0.132. The summed E-state index contributed by atoms with van der Waals surface area (Å²) in [4.78, 5) is 27.4. The van der Waals surface area contributed by atoms with Crippen molar-refractivity contribution in [3.05, 3.63) is 34.9 Å². The van der Waals surface area contributed by atoms with Crippen molar-refractivity contribution in [2.75, 3.05) is 14.2 Å². The number of ketones is 1.